The van der Waals surface area contributed by atoms with Crippen LogP contribution in [0.15, 0.2) is 103 Å². The summed E-state index contributed by atoms with van der Waals surface area (Å²) in [6.45, 7) is 20.5. The second-order valence-electron chi connectivity index (χ2n) is 34.6. The van der Waals surface area contributed by atoms with Gasteiger partial charge < -0.3 is 95.9 Å². The number of carbonyl (C=O) groups is 5. The van der Waals surface area contributed by atoms with Crippen LogP contribution in [-0.2, 0) is 36.6 Å². The molecule has 136 heavy (non-hydrogen) atoms. The van der Waals surface area contributed by atoms with Gasteiger partial charge in [-0.05, 0) is 244 Å². The third kappa shape index (κ3) is 41.6. The number of allylic oxidation sites excluding steroid dienone is 5. The number of fused-ring (bicyclic) bond motifs is 3. The predicted octanol–water partition coefficient (Wildman–Crippen LogP) is 19.3. The van der Waals surface area contributed by atoms with E-state index in [4.69, 9.17) is 83.6 Å². The highest BCUT2D eigenvalue weighted by Gasteiger charge is 2.35. The number of benzene rings is 4. The molecule has 742 valence electrons. The third-order valence-corrected chi connectivity index (χ3v) is 35.1. The van der Waals surface area contributed by atoms with Crippen molar-refractivity contribution in [3.05, 3.63) is 115 Å². The van der Waals surface area contributed by atoms with E-state index in [9.17, 15) is 49.8 Å². The summed E-state index contributed by atoms with van der Waals surface area (Å²) in [5.41, 5.74) is 2.61. The van der Waals surface area contributed by atoms with Crippen LogP contribution in [0.5, 0.6) is 34.5 Å². The molecule has 9 N–H and O–H groups in total. The first-order chi connectivity index (χ1) is 64.4. The van der Waals surface area contributed by atoms with Crippen molar-refractivity contribution in [3.63, 3.8) is 0 Å². The number of thioether (sulfide) groups is 3. The quantitative estimate of drug-likeness (QED) is 0.00433. The summed E-state index contributed by atoms with van der Waals surface area (Å²) in [7, 11) is 0. The molecule has 10 aliphatic rings. The normalized spacial score (nSPS) is 20.0. The van der Waals surface area contributed by atoms with Crippen LogP contribution in [0.1, 0.15) is 254 Å². The Morgan fingerprint density at radius 2 is 0.926 bits per heavy atom. The van der Waals surface area contributed by atoms with Crippen molar-refractivity contribution in [2.24, 2.45) is 47.3 Å². The fourth-order valence-corrected chi connectivity index (χ4v) is 26.7. The largest absolute Gasteiger partial charge is 1.00 e. The number of rotatable bonds is 13. The second kappa shape index (κ2) is 65.8. The number of unbranched alkanes of at least 4 members (excludes halogenated alkanes) is 4. The molecule has 0 amide bonds. The van der Waals surface area contributed by atoms with Gasteiger partial charge in [-0.2, -0.15) is 21.0 Å². The van der Waals surface area contributed by atoms with Gasteiger partial charge in [0.2, 0.25) is 3.98 Å². The molecule has 5 aliphatic carbocycles. The Hall–Kier alpha value is -8.92. The van der Waals surface area contributed by atoms with Crippen molar-refractivity contribution in [1.29, 1.82) is 31.6 Å². The lowest BCUT2D eigenvalue weighted by atomic mass is 9.68. The molecular weight excluding hydrogens is 1910 g/mol. The van der Waals surface area contributed by atoms with Gasteiger partial charge in [-0.1, -0.05) is 213 Å². The maximum Gasteiger partial charge on any atom is 0.386 e. The Kier molecular flexibility index (Phi) is 57.8. The highest BCUT2D eigenvalue weighted by molar-refractivity contribution is 8.25. The Bertz CT molecular complexity index is 5120. The number of aryl methyl sites for hydroxylation is 2. The van der Waals surface area contributed by atoms with Gasteiger partial charge in [-0.25, -0.2) is 4.58 Å². The summed E-state index contributed by atoms with van der Waals surface area (Å²) in [5, 5.41) is 128. The molecule has 0 radical (unpaired) electrons. The number of carboxylic acid groups (broad SMARTS) is 2. The Labute approximate surface area is 853 Å². The number of Topliss-reactive ketones (excluding diaryl/α,β-unsaturated/α-hetero) is 1. The topological polar surface area (TPSA) is 422 Å². The van der Waals surface area contributed by atoms with Crippen LogP contribution in [0, 0.1) is 137 Å². The van der Waals surface area contributed by atoms with E-state index in [-0.39, 0.29) is 82.7 Å². The standard InChI is InChI=1S/C19H34O.C18H32O2.C12H8N2S2.C11H11NO2S2.C11H13NO2S2.C9H3N3O2S2.C6H4O2.C5H9NS2.C4H9N.C3H2N2.C2H4O2.CH3.BH4.2H/c1-3-4-5-6-16-7-9-18(10-8-16)19-13-11-17(12-14-19)15(2)20;1-2-3-4-5-14-6-8-15(9-7-14)16-10-12-17(13-11-16)18(19)20;1-7-3-4-8(2)11-10(7)15-12(16-11)9(5-13)6-14;13-7-3-4-8(14)10-9(7)15-11(16-10)12-5-1-2-6-12;13-8-3-4-9(14)10(7-8)16-11(15)12-5-1-2-6-12;10-3-12(4-11)9-15-7-5(13)1-2-6(14)8(7)16-9;7-5-1-2-6(8)4-3-5;7-5(8)6-3-1-2-4-6;1-2-4-5-3-1;4-2-1-3-5;1-2(3)4;;;;/h16-19H,3-14H2,1-2H3;14-17H,2-13H2,1H3,(H,19,20);3-4H,1-2H3;3-4H,1-2,5-6H2,(H-,13,14);3-4,7,13-14H,1-2,5-6H2;1-2H,(H-,13,14);1-4H;1-4H2,(H,7,8);5H,1-4H2;1H2;1H3,(H,3,4);1H3;1H4;;/q;;;;;;;;;;;4*-1/p+1/i;;;;;;;;;;;;;2*1+1. The number of quaternary nitrogens is 1. The first kappa shape index (κ1) is 119. The van der Waals surface area contributed by atoms with E-state index in [1.807, 2.05) is 26.0 Å². The lowest BCUT2D eigenvalue weighted by molar-refractivity contribution is -0.635. The van der Waals surface area contributed by atoms with Crippen LogP contribution < -0.4 is 27.5 Å². The maximum absolute atomic E-state index is 11.4. The summed E-state index contributed by atoms with van der Waals surface area (Å²) >= 11 is 24.6. The molecule has 2 aromatic heterocycles. The first-order valence-corrected chi connectivity index (χ1v) is 53.6. The molecule has 4 saturated carbocycles. The number of thiocarbonyl (C=S) groups is 2. The number of phenols is 6. The van der Waals surface area contributed by atoms with Gasteiger partial charge >= 0.3 is 22.3 Å². The molecular formula is C101H139BN11O13S10-3. The first-order valence-electron chi connectivity index (χ1n) is 46.7. The summed E-state index contributed by atoms with van der Waals surface area (Å²) in [6.07, 6.45) is 50.8. The van der Waals surface area contributed by atoms with Gasteiger partial charge in [0.15, 0.2) is 11.6 Å². The molecule has 35 heteroatoms. The lowest BCUT2D eigenvalue weighted by Gasteiger charge is -2.37. The minimum atomic E-state index is -1.08. The average molecular weight is 2050 g/mol. The number of aliphatic carboxylic acids is 2. The number of carboxylic acids is 2. The molecule has 6 aromatic rings. The number of hydrogen-bond acceptors (Lipinski definition) is 28. The minimum Gasteiger partial charge on any atom is -1.00 e. The summed E-state index contributed by atoms with van der Waals surface area (Å²) in [5.74, 6) is 5.48. The van der Waals surface area contributed by atoms with E-state index in [0.29, 0.717) is 34.3 Å². The van der Waals surface area contributed by atoms with Crippen molar-refractivity contribution in [2.75, 3.05) is 52.4 Å². The Balaban J connectivity index is 0.000000526. The van der Waals surface area contributed by atoms with Crippen molar-refractivity contribution in [3.8, 4) is 71.2 Å². The molecule has 4 aromatic carbocycles. The number of phenolic OH excluding ortho intramolecular Hbond substituents is 6. The van der Waals surface area contributed by atoms with Crippen LogP contribution in [0.3, 0.4) is 0 Å². The molecule has 0 unspecified atom stereocenters. The Morgan fingerprint density at radius 1 is 0.551 bits per heavy atom. The number of ketones is 3. The molecule has 8 fully saturated rings. The fraction of sp³-hybridized carbons (Fsp3) is 0.545. The van der Waals surface area contributed by atoms with Crippen LogP contribution >= 0.6 is 105 Å². The third-order valence-electron chi connectivity index (χ3n) is 24.9. The molecule has 0 bridgehead atoms. The van der Waals surface area contributed by atoms with Crippen LogP contribution in [0.4, 0.5) is 0 Å². The molecule has 5 aliphatic heterocycles. The molecule has 24 nitrogen and oxygen atoms in total. The maximum atomic E-state index is 11.4. The number of nitrogens with zero attached hydrogens (tertiary/aromatic N) is 10. The Morgan fingerprint density at radius 3 is 1.26 bits per heavy atom. The van der Waals surface area contributed by atoms with Crippen LogP contribution in [0.2, 0.25) is 0 Å². The minimum absolute atomic E-state index is 0. The van der Waals surface area contributed by atoms with E-state index in [2.05, 4.69) is 45.7 Å². The molecule has 0 spiro atoms. The van der Waals surface area contributed by atoms with Crippen LogP contribution in [0.25, 0.3) is 18.8 Å². The summed E-state index contributed by atoms with van der Waals surface area (Å²) in [4.78, 5) is 59.1. The summed E-state index contributed by atoms with van der Waals surface area (Å²) in [6, 6.07) is 21.6. The van der Waals surface area contributed by atoms with Crippen molar-refractivity contribution in [1.82, 2.24) is 19.0 Å². The van der Waals surface area contributed by atoms with Gasteiger partial charge in [0.1, 0.15) is 81.8 Å². The van der Waals surface area contributed by atoms with Crippen LogP contribution in [-0.4, -0.2) is 144 Å². The van der Waals surface area contributed by atoms with Gasteiger partial charge in [0.05, 0.1) is 59.1 Å². The highest BCUT2D eigenvalue weighted by atomic mass is 32.2. The SMILES string of the molecule is C1CC[NH2+]C1.CC(=O)[O-].CCCCCC1CCC(C2CCC(C(=O)O)CC2)CC1.CCCCCC1CCC(C2CCC(C(C)=O)CC2)CC1.Cc1ccc(C)c2c1SC(=C(C#N)C#N)S2.N#CCC#N.N#C[N+](C#N)=c1sc2c(O)ccc(O)c2s1.O=C1C=CC(=O)C=C1.Oc1ccc(O)c(SC(=S)N2CCCC2)c1.Oc1ccc(O)c2sc(=[N+]3CCCC3)sc12.S=C([S-])N1CCCC1.[2H-].[2H-].[BH4-].[CH3-]. The number of likely N-dealkylation sites (tertiary alicyclic amines) is 2. The number of nitrogens with two attached hydrogens (primary N) is 1. The molecule has 0 atom stereocenters. The fourth-order valence-electron chi connectivity index (χ4n) is 17.4. The lowest BCUT2D eigenvalue weighted by Crippen LogP contribution is -2.80. The zero-order chi connectivity index (χ0) is 98.0. The van der Waals surface area contributed by atoms with Crippen molar-refractivity contribution in [2.45, 2.75) is 268 Å². The highest BCUT2D eigenvalue weighted by Crippen LogP contribution is 2.55. The molecule has 7 heterocycles. The van der Waals surface area contributed by atoms with Crippen molar-refractivity contribution < 1.29 is 73.0 Å². The van der Waals surface area contributed by atoms with Gasteiger partial charge in [-0.15, -0.1) is 0 Å². The number of hydrogen-bond donors (Lipinski definition) is 8. The zero-order valence-corrected chi connectivity index (χ0v) is 87.0. The van der Waals surface area contributed by atoms with E-state index in [1.54, 1.807) is 66.3 Å². The molecule has 16 rings (SSSR count). The second-order valence-corrected chi connectivity index (χ2v) is 44.1. The zero-order valence-electron chi connectivity index (χ0n) is 80.8. The van der Waals surface area contributed by atoms with Gasteiger partial charge in [-0.3, -0.25) is 19.2 Å². The predicted molar refractivity (Wildman–Crippen MR) is 567 cm³/mol. The number of nitriles is 6. The number of aromatic hydroxyl groups is 6. The summed E-state index contributed by atoms with van der Waals surface area (Å²) < 4.78 is 9.48. The van der Waals surface area contributed by atoms with Crippen molar-refractivity contribution >= 4 is 183 Å². The monoisotopic (exact) mass is 2050 g/mol. The average Bonchev–Trinajstić information content (AvgIpc) is 1.65. The smallest absolute Gasteiger partial charge is 0.386 e. The number of carbonyl (C=O) groups excluding carboxylic acids is 4. The van der Waals surface area contributed by atoms with E-state index in [0.717, 1.165) is 140 Å². The van der Waals surface area contributed by atoms with Gasteiger partial charge in [0, 0.05) is 84.1 Å². The molecule has 4 saturated heterocycles. The van der Waals surface area contributed by atoms with E-state index in [1.165, 1.54) is 321 Å². The van der Waals surface area contributed by atoms with Gasteiger partial charge in [0.25, 0.3) is 0 Å². The van der Waals surface area contributed by atoms with E-state index < -0.39 is 11.9 Å². The van der Waals surface area contributed by atoms with E-state index >= 15 is 0 Å².